The zero-order valence-electron chi connectivity index (χ0n) is 24.2. The van der Waals surface area contributed by atoms with E-state index in [0.717, 1.165) is 27.7 Å². The van der Waals surface area contributed by atoms with Gasteiger partial charge in [0.15, 0.2) is 0 Å². The van der Waals surface area contributed by atoms with Crippen molar-refractivity contribution in [2.24, 2.45) is 11.3 Å². The van der Waals surface area contributed by atoms with Gasteiger partial charge in [0.2, 0.25) is 5.91 Å². The van der Waals surface area contributed by atoms with Gasteiger partial charge in [-0.25, -0.2) is 8.42 Å². The first-order valence-corrected chi connectivity index (χ1v) is 17.2. The molecule has 1 aliphatic carbocycles. The lowest BCUT2D eigenvalue weighted by atomic mass is 9.67. The highest BCUT2D eigenvalue weighted by atomic mass is 35.5. The summed E-state index contributed by atoms with van der Waals surface area (Å²) in [6, 6.07) is 17.9. The molecule has 12 heteroatoms. The molecule has 1 amide bonds. The lowest BCUT2D eigenvalue weighted by Crippen LogP contribution is -2.58. The van der Waals surface area contributed by atoms with Crippen molar-refractivity contribution in [1.82, 2.24) is 8.61 Å². The zero-order valence-corrected chi connectivity index (χ0v) is 28.1. The number of halogens is 3. The molecule has 1 saturated heterocycles. The van der Waals surface area contributed by atoms with Crippen LogP contribution in [0, 0.1) is 18.3 Å². The summed E-state index contributed by atoms with van der Waals surface area (Å²) in [5.41, 5.74) is 1.00. The highest BCUT2D eigenvalue weighted by molar-refractivity contribution is 7.99. The smallest absolute Gasteiger partial charge is 0.304 e. The Hall–Kier alpha value is -2.27. The SMILES string of the molecule is Cc1cc(S(=O)(=O)N(S)CC(C2CC2)N2C(=O)C(C)(CC(=O)O)CC(c3cccc(Cl)c3)C2c2ccc(Cl)cc2)ccc1Cl. The summed E-state index contributed by atoms with van der Waals surface area (Å²) in [5.74, 6) is -1.77. The van der Waals surface area contributed by atoms with E-state index in [0.29, 0.717) is 20.6 Å². The van der Waals surface area contributed by atoms with E-state index in [2.05, 4.69) is 12.8 Å². The molecule has 2 aliphatic rings. The monoisotopic (exact) mass is 694 g/mol. The number of piperidine rings is 1. The summed E-state index contributed by atoms with van der Waals surface area (Å²) in [5, 5.41) is 11.4. The van der Waals surface area contributed by atoms with Crippen LogP contribution < -0.4 is 0 Å². The van der Waals surface area contributed by atoms with Gasteiger partial charge in [-0.1, -0.05) is 78.8 Å². The third-order valence-corrected chi connectivity index (χ3v) is 12.0. The summed E-state index contributed by atoms with van der Waals surface area (Å²) in [4.78, 5) is 28.5. The number of sulfonamides is 1. The summed E-state index contributed by atoms with van der Waals surface area (Å²) < 4.78 is 28.4. The largest absolute Gasteiger partial charge is 0.481 e. The van der Waals surface area contributed by atoms with Crippen molar-refractivity contribution in [3.05, 3.63) is 98.5 Å². The number of hydrogen-bond acceptors (Lipinski definition) is 5. The van der Waals surface area contributed by atoms with E-state index >= 15 is 0 Å². The van der Waals surface area contributed by atoms with Gasteiger partial charge in [-0.3, -0.25) is 9.59 Å². The van der Waals surface area contributed by atoms with Crippen LogP contribution in [-0.2, 0) is 19.6 Å². The second-order valence-corrected chi connectivity index (χ2v) is 15.9. The van der Waals surface area contributed by atoms with Crippen molar-refractivity contribution in [2.45, 2.75) is 62.4 Å². The molecule has 2 fully saturated rings. The van der Waals surface area contributed by atoms with Gasteiger partial charge >= 0.3 is 5.97 Å². The number of rotatable bonds is 10. The molecule has 0 aromatic heterocycles. The van der Waals surface area contributed by atoms with Crippen LogP contribution >= 0.6 is 47.6 Å². The molecule has 1 saturated carbocycles. The van der Waals surface area contributed by atoms with Gasteiger partial charge in [0.25, 0.3) is 10.0 Å². The molecular formula is C32H33Cl3N2O5S2. The number of hydrogen-bond donors (Lipinski definition) is 2. The first kappa shape index (κ1) is 33.1. The number of aryl methyl sites for hydroxylation is 1. The first-order chi connectivity index (χ1) is 20.7. The Morgan fingerprint density at radius 2 is 1.73 bits per heavy atom. The predicted molar refractivity (Wildman–Crippen MR) is 176 cm³/mol. The number of aliphatic carboxylic acids is 1. The Labute approximate surface area is 278 Å². The molecule has 4 atom stereocenters. The lowest BCUT2D eigenvalue weighted by Gasteiger charge is -2.52. The summed E-state index contributed by atoms with van der Waals surface area (Å²) >= 11 is 23.3. The number of carbonyl (C=O) groups excluding carboxylic acids is 1. The number of carbonyl (C=O) groups is 2. The predicted octanol–water partition coefficient (Wildman–Crippen LogP) is 7.81. The fraction of sp³-hybridized carbons (Fsp3) is 0.375. The number of carboxylic acids is 1. The molecule has 1 aliphatic heterocycles. The number of benzene rings is 3. The minimum Gasteiger partial charge on any atom is -0.481 e. The standard InChI is InChI=1S/C32H33Cl3N2O5S2/c1-19-14-25(12-13-27(19)35)44(41,42)36(43)18-28(20-6-7-20)37-30(21-8-10-23(33)11-9-21)26(22-4-3-5-24(34)15-22)16-32(2,31(37)40)17-29(38)39/h3-5,8-15,20,26,28,30,43H,6-7,16-18H2,1-2H3,(H,38,39). The molecule has 0 spiro atoms. The quantitative estimate of drug-likeness (QED) is 0.211. The highest BCUT2D eigenvalue weighted by Crippen LogP contribution is 2.54. The third-order valence-electron chi connectivity index (χ3n) is 8.70. The fourth-order valence-electron chi connectivity index (χ4n) is 6.35. The van der Waals surface area contributed by atoms with Gasteiger partial charge in [0.05, 0.1) is 22.8 Å². The number of likely N-dealkylation sites (tertiary alicyclic amines) is 1. The van der Waals surface area contributed by atoms with Crippen LogP contribution in [0.3, 0.4) is 0 Å². The van der Waals surface area contributed by atoms with E-state index in [4.69, 9.17) is 34.8 Å². The molecule has 1 N–H and O–H groups in total. The van der Waals surface area contributed by atoms with Crippen LogP contribution in [0.1, 0.15) is 61.3 Å². The second-order valence-electron chi connectivity index (χ2n) is 12.0. The average Bonchev–Trinajstić information content (AvgIpc) is 3.80. The Kier molecular flexibility index (Phi) is 9.67. The van der Waals surface area contributed by atoms with E-state index in [-0.39, 0.29) is 42.0 Å². The summed E-state index contributed by atoms with van der Waals surface area (Å²) in [6.07, 6.45) is 1.46. The molecule has 234 valence electrons. The van der Waals surface area contributed by atoms with Crippen molar-refractivity contribution in [3.8, 4) is 0 Å². The van der Waals surface area contributed by atoms with Crippen molar-refractivity contribution >= 4 is 69.5 Å². The summed E-state index contributed by atoms with van der Waals surface area (Å²) in [6.45, 7) is 3.31. The maximum atomic E-state index is 14.6. The Morgan fingerprint density at radius 3 is 2.32 bits per heavy atom. The zero-order chi connectivity index (χ0) is 32.0. The molecule has 0 bridgehead atoms. The minimum atomic E-state index is -4.07. The number of carboxylic acid groups (broad SMARTS) is 1. The molecule has 44 heavy (non-hydrogen) atoms. The molecule has 0 radical (unpaired) electrons. The van der Waals surface area contributed by atoms with Crippen LogP contribution in [-0.4, -0.2) is 46.6 Å². The number of nitrogens with zero attached hydrogens (tertiary/aromatic N) is 2. The molecular weight excluding hydrogens is 663 g/mol. The fourth-order valence-corrected chi connectivity index (χ4v) is 8.40. The van der Waals surface area contributed by atoms with Crippen molar-refractivity contribution in [3.63, 3.8) is 0 Å². The third kappa shape index (κ3) is 6.78. The van der Waals surface area contributed by atoms with Crippen molar-refractivity contribution < 1.29 is 23.1 Å². The van der Waals surface area contributed by atoms with Gasteiger partial charge in [0.1, 0.15) is 0 Å². The van der Waals surface area contributed by atoms with Crippen molar-refractivity contribution in [1.29, 1.82) is 0 Å². The van der Waals surface area contributed by atoms with Gasteiger partial charge in [-0.05, 0) is 91.3 Å². The number of amides is 1. The van der Waals surface area contributed by atoms with Crippen LogP contribution in [0.2, 0.25) is 15.1 Å². The van der Waals surface area contributed by atoms with Crippen LogP contribution in [0.15, 0.2) is 71.6 Å². The summed E-state index contributed by atoms with van der Waals surface area (Å²) in [7, 11) is -4.07. The lowest BCUT2D eigenvalue weighted by molar-refractivity contribution is -0.161. The van der Waals surface area contributed by atoms with E-state index in [1.807, 2.05) is 30.3 Å². The highest BCUT2D eigenvalue weighted by Gasteiger charge is 2.55. The molecule has 1 heterocycles. The number of thiol groups is 1. The molecule has 4 unspecified atom stereocenters. The average molecular weight is 696 g/mol. The molecule has 3 aromatic rings. The topological polar surface area (TPSA) is 95.0 Å². The van der Waals surface area contributed by atoms with E-state index in [9.17, 15) is 23.1 Å². The van der Waals surface area contributed by atoms with Crippen molar-refractivity contribution in [2.75, 3.05) is 6.54 Å². The molecule has 7 nitrogen and oxygen atoms in total. The maximum absolute atomic E-state index is 14.6. The van der Waals surface area contributed by atoms with Gasteiger partial charge in [-0.15, -0.1) is 3.71 Å². The second kappa shape index (κ2) is 12.9. The normalized spacial score (nSPS) is 23.2. The van der Waals surface area contributed by atoms with Crippen LogP contribution in [0.5, 0.6) is 0 Å². The van der Waals surface area contributed by atoms with Crippen LogP contribution in [0.4, 0.5) is 0 Å². The maximum Gasteiger partial charge on any atom is 0.304 e. The Bertz CT molecular complexity index is 1680. The molecule has 5 rings (SSSR count). The molecule has 3 aromatic carbocycles. The van der Waals surface area contributed by atoms with Gasteiger partial charge in [-0.2, -0.15) is 0 Å². The van der Waals surface area contributed by atoms with Crippen LogP contribution in [0.25, 0.3) is 0 Å². The Balaban J connectivity index is 1.64. The first-order valence-electron chi connectivity index (χ1n) is 14.2. The Morgan fingerprint density at radius 1 is 1.05 bits per heavy atom. The minimum absolute atomic E-state index is 0.00209. The van der Waals surface area contributed by atoms with E-state index in [1.54, 1.807) is 36.9 Å². The van der Waals surface area contributed by atoms with Gasteiger partial charge < -0.3 is 10.0 Å². The van der Waals surface area contributed by atoms with Gasteiger partial charge in [0, 0.05) is 33.6 Å². The van der Waals surface area contributed by atoms with E-state index in [1.165, 1.54) is 18.2 Å². The van der Waals surface area contributed by atoms with E-state index < -0.39 is 33.5 Å².